The Balaban J connectivity index is 3.99. The van der Waals surface area contributed by atoms with Gasteiger partial charge >= 0.3 is 0 Å². The third kappa shape index (κ3) is 3.95. The monoisotopic (exact) mass is 174 g/mol. The first-order valence-electron chi connectivity index (χ1n) is 3.25. The molecule has 4 heteroatoms. The van der Waals surface area contributed by atoms with E-state index in [-0.39, 0.29) is 10.6 Å². The van der Waals surface area contributed by atoms with E-state index in [0.29, 0.717) is 0 Å². The van der Waals surface area contributed by atoms with Gasteiger partial charge in [0.1, 0.15) is 0 Å². The Hall–Kier alpha value is -0.610. The summed E-state index contributed by atoms with van der Waals surface area (Å²) in [7, 11) is 0. The van der Waals surface area contributed by atoms with E-state index in [0.717, 1.165) is 5.70 Å². The Morgan fingerprint density at radius 2 is 2.00 bits per heavy atom. The Labute approximate surface area is 72.6 Å². The molecule has 3 N–H and O–H groups in total. The first-order chi connectivity index (χ1) is 4.88. The van der Waals surface area contributed by atoms with Crippen molar-refractivity contribution in [2.75, 3.05) is 0 Å². The molecule has 0 saturated heterocycles. The average Bonchev–Trinajstić information content (AvgIpc) is 1.85. The first-order valence-corrected chi connectivity index (χ1v) is 3.66. The van der Waals surface area contributed by atoms with Crippen molar-refractivity contribution in [3.05, 3.63) is 12.3 Å². The maximum atomic E-state index is 4.82. The fourth-order valence-corrected chi connectivity index (χ4v) is 0.463. The fourth-order valence-electron chi connectivity index (χ4n) is 0.340. The zero-order chi connectivity index (χ0) is 9.07. The zero-order valence-electron chi connectivity index (χ0n) is 7.10. The molecule has 0 heterocycles. The number of hydrogen-bond donors (Lipinski definition) is 2. The van der Waals surface area contributed by atoms with Gasteiger partial charge in [0.2, 0.25) is 0 Å². The minimum absolute atomic E-state index is 0.0391. The van der Waals surface area contributed by atoms with Crippen molar-refractivity contribution in [3.8, 4) is 0 Å². The minimum atomic E-state index is -0.0391. The van der Waals surface area contributed by atoms with Crippen molar-refractivity contribution in [1.82, 2.24) is 5.32 Å². The molecule has 0 unspecified atom stereocenters. The van der Waals surface area contributed by atoms with E-state index in [1.165, 1.54) is 0 Å². The van der Waals surface area contributed by atoms with Crippen LogP contribution in [-0.4, -0.2) is 5.17 Å². The molecule has 0 atom stereocenters. The summed E-state index contributed by atoms with van der Waals surface area (Å²) in [5.41, 5.74) is 0.746. The van der Waals surface area contributed by atoms with Crippen LogP contribution in [-0.2, 0) is 4.84 Å². The highest BCUT2D eigenvalue weighted by molar-refractivity contribution is 7.80. The molecule has 0 fully saturated rings. The summed E-state index contributed by atoms with van der Waals surface area (Å²) < 4.78 is 0. The summed E-state index contributed by atoms with van der Waals surface area (Å²) in [6.07, 6.45) is 0. The standard InChI is InChI=1S/C7H14N2OS/c1-5(7(2,3)4)9-6(11)10-8/h1,8H2,2-4H3,(H,9,11). The van der Waals surface area contributed by atoms with Crippen LogP contribution in [0.3, 0.4) is 0 Å². The van der Waals surface area contributed by atoms with Crippen molar-refractivity contribution in [3.63, 3.8) is 0 Å². The van der Waals surface area contributed by atoms with Crippen molar-refractivity contribution in [2.45, 2.75) is 20.8 Å². The van der Waals surface area contributed by atoms with Gasteiger partial charge in [-0.15, -0.1) is 0 Å². The maximum absolute atomic E-state index is 4.82. The molecular formula is C7H14N2OS. The van der Waals surface area contributed by atoms with Gasteiger partial charge in [-0.2, -0.15) is 5.90 Å². The predicted octanol–water partition coefficient (Wildman–Crippen LogP) is 1.31. The number of hydrogen-bond acceptors (Lipinski definition) is 3. The van der Waals surface area contributed by atoms with Gasteiger partial charge in [0.25, 0.3) is 5.17 Å². The minimum Gasteiger partial charge on any atom is -0.381 e. The summed E-state index contributed by atoms with van der Waals surface area (Å²) in [5.74, 6) is 4.82. The number of thiocarbonyl (C=S) groups is 1. The molecule has 0 aromatic heterocycles. The lowest BCUT2D eigenvalue weighted by Crippen LogP contribution is -2.31. The lowest BCUT2D eigenvalue weighted by molar-refractivity contribution is 0.312. The van der Waals surface area contributed by atoms with Crippen LogP contribution in [0.2, 0.25) is 0 Å². The van der Waals surface area contributed by atoms with Crippen LogP contribution in [0.15, 0.2) is 12.3 Å². The largest absolute Gasteiger partial charge is 0.381 e. The van der Waals surface area contributed by atoms with Crippen LogP contribution >= 0.6 is 12.2 Å². The van der Waals surface area contributed by atoms with Gasteiger partial charge < -0.3 is 10.2 Å². The van der Waals surface area contributed by atoms with Crippen LogP contribution in [0.1, 0.15) is 20.8 Å². The van der Waals surface area contributed by atoms with E-state index in [1.54, 1.807) is 0 Å². The summed E-state index contributed by atoms with van der Waals surface area (Å²) in [6.45, 7) is 9.83. The van der Waals surface area contributed by atoms with Gasteiger partial charge in [0.05, 0.1) is 0 Å². The predicted molar refractivity (Wildman–Crippen MR) is 49.6 cm³/mol. The van der Waals surface area contributed by atoms with Crippen molar-refractivity contribution < 1.29 is 4.84 Å². The third-order valence-electron chi connectivity index (χ3n) is 1.27. The molecule has 64 valence electrons. The second-order valence-electron chi connectivity index (χ2n) is 3.26. The van der Waals surface area contributed by atoms with Crippen LogP contribution in [0.25, 0.3) is 0 Å². The fraction of sp³-hybridized carbons (Fsp3) is 0.571. The molecule has 0 aromatic carbocycles. The van der Waals surface area contributed by atoms with Crippen molar-refractivity contribution in [2.24, 2.45) is 11.3 Å². The van der Waals surface area contributed by atoms with Gasteiger partial charge in [-0.3, -0.25) is 0 Å². The highest BCUT2D eigenvalue weighted by Gasteiger charge is 2.15. The summed E-state index contributed by atoms with van der Waals surface area (Å²) >= 11 is 4.68. The van der Waals surface area contributed by atoms with Gasteiger partial charge in [0, 0.05) is 11.1 Å². The molecule has 0 radical (unpaired) electrons. The van der Waals surface area contributed by atoms with Gasteiger partial charge in [0.15, 0.2) is 0 Å². The van der Waals surface area contributed by atoms with E-state index in [2.05, 4.69) is 29.0 Å². The number of allylic oxidation sites excluding steroid dienone is 1. The molecule has 0 aliphatic rings. The second-order valence-corrected chi connectivity index (χ2v) is 3.63. The van der Waals surface area contributed by atoms with Crippen LogP contribution in [0.4, 0.5) is 0 Å². The SMILES string of the molecule is C=C(NC(=S)ON)C(C)(C)C. The normalized spacial score (nSPS) is 10.5. The highest BCUT2D eigenvalue weighted by atomic mass is 32.1. The molecule has 11 heavy (non-hydrogen) atoms. The van der Waals surface area contributed by atoms with Gasteiger partial charge in [-0.05, 0) is 12.2 Å². The van der Waals surface area contributed by atoms with E-state index in [9.17, 15) is 0 Å². The molecule has 0 spiro atoms. The van der Waals surface area contributed by atoms with Crippen molar-refractivity contribution >= 4 is 17.4 Å². The Kier molecular flexibility index (Phi) is 3.48. The Morgan fingerprint density at radius 3 is 2.27 bits per heavy atom. The maximum Gasteiger partial charge on any atom is 0.282 e. The Bertz CT molecular complexity index is 172. The van der Waals surface area contributed by atoms with Crippen LogP contribution < -0.4 is 11.2 Å². The number of nitrogens with two attached hydrogens (primary N) is 1. The van der Waals surface area contributed by atoms with E-state index in [1.807, 2.05) is 20.8 Å². The lowest BCUT2D eigenvalue weighted by atomic mass is 9.93. The molecule has 0 bridgehead atoms. The number of nitrogens with one attached hydrogen (secondary N) is 1. The van der Waals surface area contributed by atoms with Crippen molar-refractivity contribution in [1.29, 1.82) is 0 Å². The highest BCUT2D eigenvalue weighted by Crippen LogP contribution is 2.20. The summed E-state index contributed by atoms with van der Waals surface area (Å²) in [5, 5.41) is 2.90. The van der Waals surface area contributed by atoms with Crippen LogP contribution in [0.5, 0.6) is 0 Å². The van der Waals surface area contributed by atoms with E-state index < -0.39 is 0 Å². The van der Waals surface area contributed by atoms with Crippen LogP contribution in [0, 0.1) is 5.41 Å². The average molecular weight is 174 g/mol. The Morgan fingerprint density at radius 1 is 1.55 bits per heavy atom. The van der Waals surface area contributed by atoms with Gasteiger partial charge in [-0.25, -0.2) is 0 Å². The summed E-state index contributed by atoms with van der Waals surface area (Å²) in [6, 6.07) is 0. The molecular weight excluding hydrogens is 160 g/mol. The van der Waals surface area contributed by atoms with Gasteiger partial charge in [-0.1, -0.05) is 27.4 Å². The molecule has 0 saturated carbocycles. The molecule has 0 aliphatic heterocycles. The first kappa shape index (κ1) is 10.4. The smallest absolute Gasteiger partial charge is 0.282 e. The molecule has 0 aliphatic carbocycles. The quantitative estimate of drug-likeness (QED) is 0.465. The zero-order valence-corrected chi connectivity index (χ0v) is 7.92. The van der Waals surface area contributed by atoms with E-state index >= 15 is 0 Å². The second kappa shape index (κ2) is 3.69. The molecule has 0 aromatic rings. The molecule has 0 amide bonds. The van der Waals surface area contributed by atoms with E-state index in [4.69, 9.17) is 5.90 Å². The third-order valence-corrected chi connectivity index (χ3v) is 1.46. The molecule has 3 nitrogen and oxygen atoms in total. The topological polar surface area (TPSA) is 47.3 Å². The molecule has 0 rings (SSSR count). The summed E-state index contributed by atoms with van der Waals surface area (Å²) in [4.78, 5) is 4.28. The number of rotatable bonds is 1. The lowest BCUT2D eigenvalue weighted by Gasteiger charge is -2.22.